The van der Waals surface area contributed by atoms with Gasteiger partial charge in [0, 0.05) is 11.1 Å². The first kappa shape index (κ1) is 16.5. The van der Waals surface area contributed by atoms with Crippen molar-refractivity contribution >= 4 is 5.57 Å². The Hall–Kier alpha value is -2.93. The van der Waals surface area contributed by atoms with Gasteiger partial charge in [0.05, 0.1) is 11.4 Å². The monoisotopic (exact) mass is 337 g/mol. The van der Waals surface area contributed by atoms with Crippen molar-refractivity contribution in [1.82, 2.24) is 4.98 Å². The van der Waals surface area contributed by atoms with Crippen molar-refractivity contribution in [3.63, 3.8) is 0 Å². The lowest BCUT2D eigenvalue weighted by Crippen LogP contribution is -1.94. The standard InChI is InChI=1S/C25H23N/c1-18-13-19(2)15-23(14-18)25-17-22(20-9-5-3-6-10-20)16-24(26-25)21-11-7-4-8-12-21/h4-5,7-17H,3,6H2,1-2H3. The molecule has 0 atom stereocenters. The van der Waals surface area contributed by atoms with E-state index in [2.05, 4.69) is 86.7 Å². The Labute approximate surface area is 155 Å². The van der Waals surface area contributed by atoms with Crippen molar-refractivity contribution in [3.05, 3.63) is 95.6 Å². The second-order valence-corrected chi connectivity index (χ2v) is 7.01. The highest BCUT2D eigenvalue weighted by atomic mass is 14.7. The van der Waals surface area contributed by atoms with Crippen LogP contribution in [0.1, 0.15) is 29.5 Å². The summed E-state index contributed by atoms with van der Waals surface area (Å²) in [6.45, 7) is 4.29. The minimum atomic E-state index is 1.03. The van der Waals surface area contributed by atoms with Gasteiger partial charge < -0.3 is 0 Å². The number of rotatable bonds is 3. The molecule has 0 saturated carbocycles. The smallest absolute Gasteiger partial charge is 0.0715 e. The van der Waals surface area contributed by atoms with Gasteiger partial charge in [0.15, 0.2) is 0 Å². The van der Waals surface area contributed by atoms with Gasteiger partial charge in [0.1, 0.15) is 0 Å². The fraction of sp³-hybridized carbons (Fsp3) is 0.160. The zero-order chi connectivity index (χ0) is 17.9. The molecule has 1 nitrogen and oxygen atoms in total. The van der Waals surface area contributed by atoms with E-state index in [4.69, 9.17) is 4.98 Å². The Bertz CT molecular complexity index is 974. The second kappa shape index (κ2) is 7.13. The second-order valence-electron chi connectivity index (χ2n) is 7.01. The summed E-state index contributed by atoms with van der Waals surface area (Å²) in [5, 5.41) is 0. The maximum absolute atomic E-state index is 5.00. The van der Waals surface area contributed by atoms with Crippen LogP contribution in [-0.2, 0) is 0 Å². The number of aryl methyl sites for hydroxylation is 2. The van der Waals surface area contributed by atoms with Crippen LogP contribution in [0, 0.1) is 13.8 Å². The molecule has 1 aromatic heterocycles. The van der Waals surface area contributed by atoms with Gasteiger partial charge >= 0.3 is 0 Å². The summed E-state index contributed by atoms with van der Waals surface area (Å²) in [6.07, 6.45) is 9.06. The fourth-order valence-electron chi connectivity index (χ4n) is 3.55. The number of hydrogen-bond acceptors (Lipinski definition) is 1. The first-order valence-electron chi connectivity index (χ1n) is 9.22. The third kappa shape index (κ3) is 3.52. The predicted octanol–water partition coefficient (Wildman–Crippen LogP) is 6.77. The van der Waals surface area contributed by atoms with E-state index < -0.39 is 0 Å². The van der Waals surface area contributed by atoms with Crippen LogP contribution in [0.5, 0.6) is 0 Å². The normalized spacial score (nSPS) is 13.5. The number of nitrogens with zero attached hydrogens (tertiary/aromatic N) is 1. The van der Waals surface area contributed by atoms with Gasteiger partial charge in [0.2, 0.25) is 0 Å². The lowest BCUT2D eigenvalue weighted by atomic mass is 9.95. The molecule has 0 spiro atoms. The van der Waals surface area contributed by atoms with Crippen LogP contribution in [0.15, 0.2) is 78.9 Å². The zero-order valence-corrected chi connectivity index (χ0v) is 15.4. The highest BCUT2D eigenvalue weighted by Gasteiger charge is 2.10. The van der Waals surface area contributed by atoms with Crippen molar-refractivity contribution in [1.29, 1.82) is 0 Å². The molecule has 1 heteroatoms. The molecular weight excluding hydrogens is 314 g/mol. The molecule has 3 aromatic rings. The summed E-state index contributed by atoms with van der Waals surface area (Å²) in [5.41, 5.74) is 9.47. The number of aromatic nitrogens is 1. The molecular formula is C25H23N. The highest BCUT2D eigenvalue weighted by Crippen LogP contribution is 2.30. The van der Waals surface area contributed by atoms with Crippen LogP contribution < -0.4 is 0 Å². The molecule has 128 valence electrons. The molecule has 26 heavy (non-hydrogen) atoms. The van der Waals surface area contributed by atoms with Gasteiger partial charge in [0.25, 0.3) is 0 Å². The summed E-state index contributed by atoms with van der Waals surface area (Å²) in [4.78, 5) is 5.00. The van der Waals surface area contributed by atoms with E-state index in [1.807, 2.05) is 6.07 Å². The van der Waals surface area contributed by atoms with Gasteiger partial charge in [-0.15, -0.1) is 0 Å². The molecule has 0 N–H and O–H groups in total. The van der Waals surface area contributed by atoms with Crippen LogP contribution >= 0.6 is 0 Å². The molecule has 4 rings (SSSR count). The summed E-state index contributed by atoms with van der Waals surface area (Å²) in [7, 11) is 0. The van der Waals surface area contributed by atoms with Crippen molar-refractivity contribution < 1.29 is 0 Å². The van der Waals surface area contributed by atoms with Gasteiger partial charge in [-0.3, -0.25) is 0 Å². The maximum atomic E-state index is 5.00. The third-order valence-corrected chi connectivity index (χ3v) is 4.74. The Kier molecular flexibility index (Phi) is 4.53. The Balaban J connectivity index is 1.90. The first-order valence-corrected chi connectivity index (χ1v) is 9.22. The largest absolute Gasteiger partial charge is 0.248 e. The molecule has 1 aliphatic carbocycles. The Morgan fingerprint density at radius 1 is 0.692 bits per heavy atom. The topological polar surface area (TPSA) is 12.9 Å². The van der Waals surface area contributed by atoms with E-state index >= 15 is 0 Å². The predicted molar refractivity (Wildman–Crippen MR) is 111 cm³/mol. The number of hydrogen-bond donors (Lipinski definition) is 0. The van der Waals surface area contributed by atoms with E-state index in [1.165, 1.54) is 27.8 Å². The quantitative estimate of drug-likeness (QED) is 0.514. The number of benzene rings is 2. The van der Waals surface area contributed by atoms with E-state index in [0.29, 0.717) is 0 Å². The minimum absolute atomic E-state index is 1.03. The molecule has 0 fully saturated rings. The minimum Gasteiger partial charge on any atom is -0.248 e. The lowest BCUT2D eigenvalue weighted by Gasteiger charge is -2.13. The SMILES string of the molecule is Cc1cc(C)cc(-c2cc(C3=CCCC=C3)cc(-c3ccccc3)n2)c1. The summed E-state index contributed by atoms with van der Waals surface area (Å²) >= 11 is 0. The molecule has 0 radical (unpaired) electrons. The van der Waals surface area contributed by atoms with Gasteiger partial charge in [-0.2, -0.15) is 0 Å². The molecule has 0 amide bonds. The lowest BCUT2D eigenvalue weighted by molar-refractivity contribution is 1.04. The van der Waals surface area contributed by atoms with Crippen molar-refractivity contribution in [2.75, 3.05) is 0 Å². The number of allylic oxidation sites excluding steroid dienone is 4. The maximum Gasteiger partial charge on any atom is 0.0715 e. The van der Waals surface area contributed by atoms with Crippen LogP contribution in [0.25, 0.3) is 28.1 Å². The summed E-state index contributed by atoms with van der Waals surface area (Å²) < 4.78 is 0. The molecule has 0 bridgehead atoms. The van der Waals surface area contributed by atoms with Crippen LogP contribution in [0.3, 0.4) is 0 Å². The van der Waals surface area contributed by atoms with Crippen LogP contribution in [-0.4, -0.2) is 4.98 Å². The summed E-state index contributed by atoms with van der Waals surface area (Å²) in [6, 6.07) is 21.5. The highest BCUT2D eigenvalue weighted by molar-refractivity contribution is 5.80. The van der Waals surface area contributed by atoms with Crippen LogP contribution in [0.4, 0.5) is 0 Å². The van der Waals surface area contributed by atoms with Gasteiger partial charge in [-0.05, 0) is 62.1 Å². The molecule has 0 unspecified atom stereocenters. The molecule has 0 aliphatic heterocycles. The number of pyridine rings is 1. The van der Waals surface area contributed by atoms with Crippen molar-refractivity contribution in [2.45, 2.75) is 26.7 Å². The zero-order valence-electron chi connectivity index (χ0n) is 15.4. The van der Waals surface area contributed by atoms with Gasteiger partial charge in [-0.25, -0.2) is 4.98 Å². The van der Waals surface area contributed by atoms with Gasteiger partial charge in [-0.1, -0.05) is 65.8 Å². The van der Waals surface area contributed by atoms with E-state index in [1.54, 1.807) is 0 Å². The molecule has 1 heterocycles. The van der Waals surface area contributed by atoms with E-state index in [-0.39, 0.29) is 0 Å². The average molecular weight is 337 g/mol. The Morgan fingerprint density at radius 2 is 1.38 bits per heavy atom. The third-order valence-electron chi connectivity index (χ3n) is 4.74. The van der Waals surface area contributed by atoms with E-state index in [9.17, 15) is 0 Å². The fourth-order valence-corrected chi connectivity index (χ4v) is 3.55. The Morgan fingerprint density at radius 3 is 2.04 bits per heavy atom. The molecule has 0 saturated heterocycles. The van der Waals surface area contributed by atoms with Crippen molar-refractivity contribution in [3.8, 4) is 22.5 Å². The first-order chi connectivity index (χ1) is 12.7. The van der Waals surface area contributed by atoms with E-state index in [0.717, 1.165) is 29.8 Å². The average Bonchev–Trinajstić information content (AvgIpc) is 2.68. The molecule has 1 aliphatic rings. The van der Waals surface area contributed by atoms with Crippen LogP contribution in [0.2, 0.25) is 0 Å². The van der Waals surface area contributed by atoms with Crippen molar-refractivity contribution in [2.24, 2.45) is 0 Å². The summed E-state index contributed by atoms with van der Waals surface area (Å²) in [5.74, 6) is 0. The molecule has 2 aromatic carbocycles.